The largest absolute Gasteiger partial charge is 0.300 e. The lowest BCUT2D eigenvalue weighted by Crippen LogP contribution is -2.05. The average Bonchev–Trinajstić information content (AvgIpc) is 2.45. The van der Waals surface area contributed by atoms with Crippen LogP contribution < -0.4 is 0 Å². The maximum absolute atomic E-state index is 11.7. The summed E-state index contributed by atoms with van der Waals surface area (Å²) in [6.07, 6.45) is 1.96. The number of rotatable bonds is 4. The van der Waals surface area contributed by atoms with Crippen LogP contribution in [0.25, 0.3) is 0 Å². The average molecular weight is 228 g/mol. The van der Waals surface area contributed by atoms with Crippen LogP contribution in [0.2, 0.25) is 0 Å². The van der Waals surface area contributed by atoms with Crippen LogP contribution in [0.1, 0.15) is 29.3 Å². The van der Waals surface area contributed by atoms with E-state index in [1.165, 1.54) is 6.92 Å². The highest BCUT2D eigenvalue weighted by Gasteiger charge is 2.17. The van der Waals surface area contributed by atoms with E-state index in [4.69, 9.17) is 0 Å². The first kappa shape index (κ1) is 11.5. The van der Waals surface area contributed by atoms with Gasteiger partial charge >= 0.3 is 0 Å². The molecule has 1 heterocycles. The molecular formula is C10H12O2S2. The van der Waals surface area contributed by atoms with Crippen LogP contribution in [0.3, 0.4) is 0 Å². The molecule has 0 atom stereocenters. The van der Waals surface area contributed by atoms with Gasteiger partial charge in [0.05, 0.1) is 10.6 Å². The molecule has 76 valence electrons. The van der Waals surface area contributed by atoms with Gasteiger partial charge in [-0.3, -0.25) is 9.59 Å². The Morgan fingerprint density at radius 2 is 2.14 bits per heavy atom. The van der Waals surface area contributed by atoms with E-state index < -0.39 is 0 Å². The highest BCUT2D eigenvalue weighted by Crippen LogP contribution is 2.31. The number of ketones is 2. The predicted molar refractivity (Wildman–Crippen MR) is 60.5 cm³/mol. The van der Waals surface area contributed by atoms with Crippen LogP contribution in [-0.4, -0.2) is 17.8 Å². The first-order valence-corrected chi connectivity index (χ1v) is 6.31. The van der Waals surface area contributed by atoms with Crippen molar-refractivity contribution in [2.45, 2.75) is 24.5 Å². The van der Waals surface area contributed by atoms with Gasteiger partial charge in [0.2, 0.25) is 0 Å². The lowest BCUT2D eigenvalue weighted by Gasteiger charge is -2.00. The summed E-state index contributed by atoms with van der Waals surface area (Å²) in [4.78, 5) is 22.5. The lowest BCUT2D eigenvalue weighted by molar-refractivity contribution is -0.116. The van der Waals surface area contributed by atoms with Gasteiger partial charge in [0, 0.05) is 5.56 Å². The van der Waals surface area contributed by atoms with Gasteiger partial charge in [-0.05, 0) is 31.0 Å². The summed E-state index contributed by atoms with van der Waals surface area (Å²) in [6, 6.07) is 0. The number of hydrogen-bond acceptors (Lipinski definition) is 4. The molecule has 1 rings (SSSR count). The molecule has 0 bridgehead atoms. The van der Waals surface area contributed by atoms with Gasteiger partial charge in [-0.2, -0.15) is 0 Å². The van der Waals surface area contributed by atoms with Gasteiger partial charge in [-0.25, -0.2) is 0 Å². The third kappa shape index (κ3) is 2.45. The normalized spacial score (nSPS) is 10.2. The molecule has 0 saturated heterocycles. The highest BCUT2D eigenvalue weighted by molar-refractivity contribution is 8.00. The first-order valence-electron chi connectivity index (χ1n) is 4.21. The molecular weight excluding hydrogens is 216 g/mol. The van der Waals surface area contributed by atoms with Gasteiger partial charge in [0.25, 0.3) is 0 Å². The molecule has 0 fully saturated rings. The first-order chi connectivity index (χ1) is 6.56. The van der Waals surface area contributed by atoms with Crippen LogP contribution in [-0.2, 0) is 4.79 Å². The van der Waals surface area contributed by atoms with Gasteiger partial charge in [0.1, 0.15) is 5.78 Å². The second-order valence-corrected chi connectivity index (χ2v) is 5.04. The van der Waals surface area contributed by atoms with Crippen LogP contribution in [0.15, 0.2) is 9.59 Å². The molecule has 0 amide bonds. The molecule has 0 aliphatic heterocycles. The van der Waals surface area contributed by atoms with E-state index in [9.17, 15) is 9.59 Å². The Bertz CT molecular complexity index is 366. The van der Waals surface area contributed by atoms with E-state index >= 15 is 0 Å². The summed E-state index contributed by atoms with van der Waals surface area (Å²) in [7, 11) is 0. The second-order valence-electron chi connectivity index (χ2n) is 3.09. The number of hydrogen-bond donors (Lipinski definition) is 0. The van der Waals surface area contributed by atoms with Gasteiger partial charge in [0.15, 0.2) is 5.78 Å². The second kappa shape index (κ2) is 4.75. The van der Waals surface area contributed by atoms with Crippen molar-refractivity contribution >= 4 is 34.7 Å². The van der Waals surface area contributed by atoms with Gasteiger partial charge in [-0.1, -0.05) is 0 Å². The minimum Gasteiger partial charge on any atom is -0.300 e. The third-order valence-electron chi connectivity index (χ3n) is 1.81. The summed E-state index contributed by atoms with van der Waals surface area (Å²) in [6.45, 7) is 3.35. The summed E-state index contributed by atoms with van der Waals surface area (Å²) < 4.78 is 1.01. The SMILES string of the molecule is CSc1scc(C)c1C(=O)CC(C)=O. The molecule has 1 aromatic heterocycles. The summed E-state index contributed by atoms with van der Waals surface area (Å²) in [5.41, 5.74) is 1.71. The molecule has 0 spiro atoms. The molecule has 0 unspecified atom stereocenters. The predicted octanol–water partition coefficient (Wildman–Crippen LogP) is 2.94. The molecule has 4 heteroatoms. The Kier molecular flexibility index (Phi) is 3.89. The fraction of sp³-hybridized carbons (Fsp3) is 0.400. The molecule has 0 aromatic carbocycles. The molecule has 0 aliphatic rings. The van der Waals surface area contributed by atoms with Crippen molar-refractivity contribution < 1.29 is 9.59 Å². The number of thiophene rings is 1. The summed E-state index contributed by atoms with van der Waals surface area (Å²) in [5.74, 6) is -0.131. The molecule has 2 nitrogen and oxygen atoms in total. The monoisotopic (exact) mass is 228 g/mol. The third-order valence-corrected chi connectivity index (χ3v) is 4.07. The summed E-state index contributed by atoms with van der Waals surface area (Å²) in [5, 5.41) is 1.96. The van der Waals surface area contributed by atoms with Crippen LogP contribution in [0.5, 0.6) is 0 Å². The van der Waals surface area contributed by atoms with Gasteiger partial charge < -0.3 is 0 Å². The number of carbonyl (C=O) groups is 2. The molecule has 0 aliphatic carbocycles. The lowest BCUT2D eigenvalue weighted by atomic mass is 10.1. The van der Waals surface area contributed by atoms with Crippen molar-refractivity contribution in [1.29, 1.82) is 0 Å². The topological polar surface area (TPSA) is 34.1 Å². The zero-order chi connectivity index (χ0) is 10.7. The van der Waals surface area contributed by atoms with E-state index in [1.807, 2.05) is 18.6 Å². The minimum atomic E-state index is -0.0762. The molecule has 0 N–H and O–H groups in total. The van der Waals surface area contributed by atoms with E-state index in [0.717, 1.165) is 15.3 Å². The van der Waals surface area contributed by atoms with Crippen molar-refractivity contribution in [3.63, 3.8) is 0 Å². The zero-order valence-corrected chi connectivity index (χ0v) is 10.1. The molecule has 0 saturated carbocycles. The highest BCUT2D eigenvalue weighted by atomic mass is 32.2. The van der Waals surface area contributed by atoms with E-state index in [2.05, 4.69) is 0 Å². The molecule has 14 heavy (non-hydrogen) atoms. The Hall–Kier alpha value is -0.610. The van der Waals surface area contributed by atoms with Crippen molar-refractivity contribution in [3.05, 3.63) is 16.5 Å². The van der Waals surface area contributed by atoms with E-state index in [1.54, 1.807) is 23.1 Å². The van der Waals surface area contributed by atoms with Crippen molar-refractivity contribution in [2.24, 2.45) is 0 Å². The number of carbonyl (C=O) groups excluding carboxylic acids is 2. The number of thioether (sulfide) groups is 1. The van der Waals surface area contributed by atoms with Gasteiger partial charge in [-0.15, -0.1) is 23.1 Å². The minimum absolute atomic E-state index is 0.0190. The van der Waals surface area contributed by atoms with Crippen molar-refractivity contribution in [2.75, 3.05) is 6.26 Å². The quantitative estimate of drug-likeness (QED) is 0.451. The zero-order valence-electron chi connectivity index (χ0n) is 8.42. The Labute approximate surface area is 91.7 Å². The van der Waals surface area contributed by atoms with Crippen LogP contribution in [0.4, 0.5) is 0 Å². The molecule has 1 aromatic rings. The summed E-state index contributed by atoms with van der Waals surface area (Å²) >= 11 is 3.12. The smallest absolute Gasteiger partial charge is 0.172 e. The Balaban J connectivity index is 2.98. The Morgan fingerprint density at radius 1 is 1.50 bits per heavy atom. The fourth-order valence-electron chi connectivity index (χ4n) is 1.22. The maximum atomic E-state index is 11.7. The Morgan fingerprint density at radius 3 is 2.64 bits per heavy atom. The molecule has 0 radical (unpaired) electrons. The van der Waals surface area contributed by atoms with Crippen molar-refractivity contribution in [3.8, 4) is 0 Å². The maximum Gasteiger partial charge on any atom is 0.172 e. The standard InChI is InChI=1S/C10H12O2S2/c1-6-5-14-10(13-3)9(6)8(12)4-7(2)11/h5H,4H2,1-3H3. The van der Waals surface area contributed by atoms with Crippen molar-refractivity contribution in [1.82, 2.24) is 0 Å². The number of Topliss-reactive ketones (excluding diaryl/α,β-unsaturated/α-hetero) is 2. The fourth-order valence-corrected chi connectivity index (χ4v) is 3.02. The van der Waals surface area contributed by atoms with Crippen LogP contribution in [0, 0.1) is 6.92 Å². The van der Waals surface area contributed by atoms with E-state index in [-0.39, 0.29) is 18.0 Å². The number of aryl methyl sites for hydroxylation is 1. The van der Waals surface area contributed by atoms with Crippen LogP contribution >= 0.6 is 23.1 Å². The van der Waals surface area contributed by atoms with E-state index in [0.29, 0.717) is 0 Å².